The van der Waals surface area contributed by atoms with Crippen LogP contribution < -0.4 is 0 Å². The van der Waals surface area contributed by atoms with Gasteiger partial charge in [0.1, 0.15) is 0 Å². The Labute approximate surface area is 96.1 Å². The van der Waals surface area contributed by atoms with E-state index in [4.69, 9.17) is 0 Å². The normalized spacial score (nSPS) is 9.87. The van der Waals surface area contributed by atoms with Crippen molar-refractivity contribution < 1.29 is 4.79 Å². The minimum absolute atomic E-state index is 0.383. The summed E-state index contributed by atoms with van der Waals surface area (Å²) in [5.41, 5.74) is 2.26. The van der Waals surface area contributed by atoms with Crippen LogP contribution in [0.2, 0.25) is 0 Å². The van der Waals surface area contributed by atoms with Crippen molar-refractivity contribution >= 4 is 29.9 Å². The van der Waals surface area contributed by atoms with E-state index in [9.17, 15) is 4.79 Å². The second kappa shape index (κ2) is 4.37. The lowest BCUT2D eigenvalue weighted by atomic mass is 10.0. The van der Waals surface area contributed by atoms with Crippen LogP contribution >= 0.6 is 11.5 Å². The molecule has 0 saturated carbocycles. The zero-order valence-corrected chi connectivity index (χ0v) is 9.22. The maximum absolute atomic E-state index is 11.4. The summed E-state index contributed by atoms with van der Waals surface area (Å²) < 4.78 is 7.26. The summed E-state index contributed by atoms with van der Waals surface area (Å²) in [5, 5.41) is 1.88. The zero-order valence-electron chi connectivity index (χ0n) is 7.58. The summed E-state index contributed by atoms with van der Waals surface area (Å²) >= 11 is 5.75. The first kappa shape index (κ1) is 10.1. The second-order valence-electron chi connectivity index (χ2n) is 2.86. The quantitative estimate of drug-likeness (QED) is 0.802. The predicted octanol–water partition coefficient (Wildman–Crippen LogP) is 2.68. The Morgan fingerprint density at radius 1 is 1.40 bits per heavy atom. The van der Waals surface area contributed by atoms with E-state index >= 15 is 0 Å². The Morgan fingerprint density at radius 2 is 2.20 bits per heavy atom. The molecule has 0 bridgehead atoms. The summed E-state index contributed by atoms with van der Waals surface area (Å²) in [4.78, 5) is 11.4. The van der Waals surface area contributed by atoms with Gasteiger partial charge in [-0.25, -0.2) is 4.37 Å². The van der Waals surface area contributed by atoms with E-state index in [1.807, 2.05) is 17.5 Å². The van der Waals surface area contributed by atoms with E-state index in [2.05, 4.69) is 21.2 Å². The van der Waals surface area contributed by atoms with Gasteiger partial charge in [-0.05, 0) is 23.2 Å². The number of rotatable bonds is 2. The van der Waals surface area contributed by atoms with Crippen LogP contribution in [0.3, 0.4) is 0 Å². The van der Waals surface area contributed by atoms with Crippen LogP contribution in [0.25, 0.3) is 11.1 Å². The fourth-order valence-corrected chi connectivity index (χ4v) is 1.94. The van der Waals surface area contributed by atoms with Crippen LogP contribution in [0.5, 0.6) is 0 Å². The Bertz CT molecular complexity index is 494. The van der Waals surface area contributed by atoms with Gasteiger partial charge in [-0.2, -0.15) is 0 Å². The van der Waals surface area contributed by atoms with E-state index < -0.39 is 0 Å². The van der Waals surface area contributed by atoms with Crippen LogP contribution in [0.15, 0.2) is 40.2 Å². The van der Waals surface area contributed by atoms with Gasteiger partial charge in [0.25, 0.3) is 5.91 Å². The van der Waals surface area contributed by atoms with Gasteiger partial charge in [-0.1, -0.05) is 18.2 Å². The molecule has 1 heterocycles. The van der Waals surface area contributed by atoms with Gasteiger partial charge < -0.3 is 0 Å². The van der Waals surface area contributed by atoms with Crippen molar-refractivity contribution in [3.8, 4) is 11.1 Å². The molecular formula is C10H6N2OS2. The molecule has 2 aromatic rings. The fraction of sp³-hybridized carbons (Fsp3) is 0. The lowest BCUT2D eigenvalue weighted by Gasteiger charge is -2.02. The summed E-state index contributed by atoms with van der Waals surface area (Å²) in [6.07, 6.45) is 1.72. The van der Waals surface area contributed by atoms with E-state index in [1.54, 1.807) is 18.3 Å². The second-order valence-corrected chi connectivity index (χ2v) is 3.70. The molecule has 1 amide bonds. The zero-order chi connectivity index (χ0) is 10.7. The molecule has 5 heteroatoms. The first-order valence-electron chi connectivity index (χ1n) is 4.19. The summed E-state index contributed by atoms with van der Waals surface area (Å²) in [7, 11) is 0. The van der Waals surface area contributed by atoms with E-state index in [0.717, 1.165) is 11.1 Å². The molecule has 74 valence electrons. The van der Waals surface area contributed by atoms with E-state index in [1.165, 1.54) is 11.5 Å². The lowest BCUT2D eigenvalue weighted by Crippen LogP contribution is -1.96. The largest absolute Gasteiger partial charge is 0.288 e. The summed E-state index contributed by atoms with van der Waals surface area (Å²) in [5.74, 6) is -0.383. The van der Waals surface area contributed by atoms with Crippen LogP contribution in [0.1, 0.15) is 10.4 Å². The minimum Gasteiger partial charge on any atom is -0.266 e. The monoisotopic (exact) mass is 234 g/mol. The smallest absolute Gasteiger partial charge is 0.266 e. The van der Waals surface area contributed by atoms with Gasteiger partial charge in [0, 0.05) is 29.6 Å². The third-order valence-electron chi connectivity index (χ3n) is 1.98. The number of carbonyl (C=O) groups is 1. The Balaban J connectivity index is 2.57. The topological polar surface area (TPSA) is 42.3 Å². The maximum atomic E-state index is 11.4. The average Bonchev–Trinajstić information content (AvgIpc) is 2.81. The highest BCUT2D eigenvalue weighted by atomic mass is 32.1. The Morgan fingerprint density at radius 3 is 2.87 bits per heavy atom. The van der Waals surface area contributed by atoms with Gasteiger partial charge in [0.15, 0.2) is 0 Å². The highest BCUT2D eigenvalue weighted by molar-refractivity contribution is 7.47. The molecule has 0 spiro atoms. The third kappa shape index (κ3) is 1.98. The first-order chi connectivity index (χ1) is 7.33. The number of carbonyl (C=O) groups excluding carboxylic acids is 1. The van der Waals surface area contributed by atoms with Crippen LogP contribution in [-0.2, 0) is 12.4 Å². The molecule has 0 N–H and O–H groups in total. The minimum atomic E-state index is -0.383. The van der Waals surface area contributed by atoms with E-state index in [-0.39, 0.29) is 5.91 Å². The Kier molecular flexibility index (Phi) is 2.94. The molecule has 0 unspecified atom stereocenters. The predicted molar refractivity (Wildman–Crippen MR) is 61.7 cm³/mol. The van der Waals surface area contributed by atoms with Gasteiger partial charge >= 0.3 is 0 Å². The molecular weight excluding hydrogens is 228 g/mol. The fourth-order valence-electron chi connectivity index (χ4n) is 1.31. The molecule has 0 fully saturated rings. The molecule has 15 heavy (non-hydrogen) atoms. The number of aromatic nitrogens is 1. The molecule has 0 radical (unpaired) electrons. The van der Waals surface area contributed by atoms with Crippen molar-refractivity contribution in [2.45, 2.75) is 0 Å². The summed E-state index contributed by atoms with van der Waals surface area (Å²) in [6.45, 7) is 0. The average molecular weight is 234 g/mol. The van der Waals surface area contributed by atoms with Crippen molar-refractivity contribution in [2.24, 2.45) is 4.36 Å². The van der Waals surface area contributed by atoms with Crippen molar-refractivity contribution in [1.82, 2.24) is 4.37 Å². The third-order valence-corrected chi connectivity index (χ3v) is 2.74. The van der Waals surface area contributed by atoms with Gasteiger partial charge in [-0.15, -0.1) is 4.36 Å². The molecule has 0 saturated heterocycles. The summed E-state index contributed by atoms with van der Waals surface area (Å²) in [6, 6.07) is 7.23. The number of amides is 1. The molecule has 2 rings (SSSR count). The SMILES string of the molecule is O=C(N=S)c1ccccc1-c1cnsc1. The number of benzene rings is 1. The van der Waals surface area contributed by atoms with Crippen molar-refractivity contribution in [2.75, 3.05) is 0 Å². The highest BCUT2D eigenvalue weighted by Gasteiger charge is 2.11. The maximum Gasteiger partial charge on any atom is 0.288 e. The lowest BCUT2D eigenvalue weighted by molar-refractivity contribution is 0.101. The van der Waals surface area contributed by atoms with Gasteiger partial charge in [0.2, 0.25) is 0 Å². The molecule has 0 aliphatic heterocycles. The molecule has 0 aliphatic rings. The van der Waals surface area contributed by atoms with Crippen molar-refractivity contribution in [3.05, 3.63) is 41.4 Å². The van der Waals surface area contributed by atoms with Crippen LogP contribution in [0.4, 0.5) is 0 Å². The van der Waals surface area contributed by atoms with Crippen molar-refractivity contribution in [1.29, 1.82) is 0 Å². The van der Waals surface area contributed by atoms with Gasteiger partial charge in [-0.3, -0.25) is 4.79 Å². The van der Waals surface area contributed by atoms with Crippen LogP contribution in [0, 0.1) is 0 Å². The molecule has 1 aromatic carbocycles. The van der Waals surface area contributed by atoms with Crippen LogP contribution in [-0.4, -0.2) is 10.3 Å². The highest BCUT2D eigenvalue weighted by Crippen LogP contribution is 2.24. The van der Waals surface area contributed by atoms with Crippen molar-refractivity contribution in [3.63, 3.8) is 0 Å². The first-order valence-corrected chi connectivity index (χ1v) is 5.39. The number of hydrogen-bond acceptors (Lipinski definition) is 4. The van der Waals surface area contributed by atoms with E-state index in [0.29, 0.717) is 5.56 Å². The Hall–Kier alpha value is -1.46. The number of hydrogen-bond donors (Lipinski definition) is 0. The molecule has 1 aromatic heterocycles. The number of nitrogens with zero attached hydrogens (tertiary/aromatic N) is 2. The van der Waals surface area contributed by atoms with Gasteiger partial charge in [0.05, 0.1) is 5.56 Å². The molecule has 0 aliphatic carbocycles. The molecule has 0 atom stereocenters. The molecule has 3 nitrogen and oxygen atoms in total. The standard InChI is InChI=1S/C10H6N2OS2/c13-10(12-14)9-4-2-1-3-8(9)7-5-11-15-6-7/h1-6H.